The second-order valence-corrected chi connectivity index (χ2v) is 5.94. The van der Waals surface area contributed by atoms with Gasteiger partial charge in [-0.15, -0.1) is 0 Å². The quantitative estimate of drug-likeness (QED) is 0.665. The van der Waals surface area contributed by atoms with Crippen molar-refractivity contribution in [3.8, 4) is 0 Å². The zero-order valence-electron chi connectivity index (χ0n) is 10.4. The molecule has 0 saturated carbocycles. The predicted molar refractivity (Wildman–Crippen MR) is 82.6 cm³/mol. The average Bonchev–Trinajstić information content (AvgIpc) is 2.38. The molecule has 0 fully saturated rings. The highest BCUT2D eigenvalue weighted by atomic mass is 35.5. The largest absolute Gasteiger partial charge is 0.480 e. The molecule has 1 amide bonds. The highest BCUT2D eigenvalue weighted by Crippen LogP contribution is 2.25. The summed E-state index contributed by atoms with van der Waals surface area (Å²) < 4.78 is 0. The molecule has 0 aromatic heterocycles. The number of hydrogen-bond acceptors (Lipinski definition) is 4. The Bertz CT molecular complexity index is 500. The first-order valence-electron chi connectivity index (χ1n) is 5.71. The van der Waals surface area contributed by atoms with Crippen molar-refractivity contribution >= 4 is 52.5 Å². The number of thioether (sulfide) groups is 1. The molecular formula is C12H14Cl2N2O3S. The lowest BCUT2D eigenvalue weighted by atomic mass is 10.3. The lowest BCUT2D eigenvalue weighted by molar-refractivity contribution is -0.137. The second-order valence-electron chi connectivity index (χ2n) is 3.94. The van der Waals surface area contributed by atoms with Crippen LogP contribution in [0.15, 0.2) is 18.2 Å². The Hall–Kier alpha value is -0.950. The number of rotatable bonds is 7. The van der Waals surface area contributed by atoms with E-state index in [-0.39, 0.29) is 18.1 Å². The van der Waals surface area contributed by atoms with E-state index in [0.717, 1.165) is 0 Å². The van der Waals surface area contributed by atoms with E-state index in [0.29, 0.717) is 21.5 Å². The number of anilines is 1. The van der Waals surface area contributed by atoms with Crippen LogP contribution in [0.5, 0.6) is 0 Å². The number of carboxylic acid groups (broad SMARTS) is 1. The van der Waals surface area contributed by atoms with Gasteiger partial charge in [0.25, 0.3) is 0 Å². The van der Waals surface area contributed by atoms with E-state index in [1.807, 2.05) is 0 Å². The van der Waals surface area contributed by atoms with Gasteiger partial charge in [-0.3, -0.25) is 9.59 Å². The van der Waals surface area contributed by atoms with E-state index in [4.69, 9.17) is 34.0 Å². The standard InChI is InChI=1S/C12H14Cl2N2O3S/c13-7-1-2-8(14)10(5-7)16-11(17)3-4-20-6-9(15)12(18)19/h1-2,5,9H,3-4,6,15H2,(H,16,17)(H,18,19)/t9-/m1/s1. The van der Waals surface area contributed by atoms with Gasteiger partial charge < -0.3 is 16.2 Å². The summed E-state index contributed by atoms with van der Waals surface area (Å²) in [6.07, 6.45) is 0.236. The molecule has 1 aromatic carbocycles. The zero-order chi connectivity index (χ0) is 15.1. The maximum Gasteiger partial charge on any atom is 0.321 e. The first-order valence-corrected chi connectivity index (χ1v) is 7.62. The maximum atomic E-state index is 11.7. The molecule has 4 N–H and O–H groups in total. The fourth-order valence-electron chi connectivity index (χ4n) is 1.25. The van der Waals surface area contributed by atoms with Crippen LogP contribution in [-0.2, 0) is 9.59 Å². The van der Waals surface area contributed by atoms with E-state index in [2.05, 4.69) is 5.32 Å². The van der Waals surface area contributed by atoms with Gasteiger partial charge in [0.15, 0.2) is 0 Å². The fraction of sp³-hybridized carbons (Fsp3) is 0.333. The monoisotopic (exact) mass is 336 g/mol. The predicted octanol–water partition coefficient (Wildman–Crippen LogP) is 2.47. The van der Waals surface area contributed by atoms with Crippen molar-refractivity contribution in [3.63, 3.8) is 0 Å². The molecule has 0 aliphatic heterocycles. The summed E-state index contributed by atoms with van der Waals surface area (Å²) in [7, 11) is 0. The summed E-state index contributed by atoms with van der Waals surface area (Å²) in [6.45, 7) is 0. The zero-order valence-corrected chi connectivity index (χ0v) is 12.8. The summed E-state index contributed by atoms with van der Waals surface area (Å²) in [5, 5.41) is 12.1. The van der Waals surface area contributed by atoms with Gasteiger partial charge in [0, 0.05) is 22.9 Å². The lowest BCUT2D eigenvalue weighted by Gasteiger charge is -2.08. The minimum atomic E-state index is -1.05. The maximum absolute atomic E-state index is 11.7. The van der Waals surface area contributed by atoms with Gasteiger partial charge in [0.05, 0.1) is 10.7 Å². The summed E-state index contributed by atoms with van der Waals surface area (Å²) in [6, 6.07) is 3.88. The van der Waals surface area contributed by atoms with Gasteiger partial charge in [-0.2, -0.15) is 11.8 Å². The lowest BCUT2D eigenvalue weighted by Crippen LogP contribution is -2.32. The molecule has 0 heterocycles. The number of aliphatic carboxylic acids is 1. The van der Waals surface area contributed by atoms with E-state index < -0.39 is 12.0 Å². The highest BCUT2D eigenvalue weighted by Gasteiger charge is 2.11. The van der Waals surface area contributed by atoms with Gasteiger partial charge in [0.1, 0.15) is 6.04 Å². The highest BCUT2D eigenvalue weighted by molar-refractivity contribution is 7.99. The van der Waals surface area contributed by atoms with Crippen LogP contribution in [0.1, 0.15) is 6.42 Å². The van der Waals surface area contributed by atoms with Crippen molar-refractivity contribution in [3.05, 3.63) is 28.2 Å². The first kappa shape index (κ1) is 17.1. The molecular weight excluding hydrogens is 323 g/mol. The first-order chi connectivity index (χ1) is 9.40. The number of benzene rings is 1. The number of carboxylic acids is 1. The number of nitrogens with one attached hydrogen (secondary N) is 1. The molecule has 1 rings (SSSR count). The SMILES string of the molecule is N[C@H](CSCCC(=O)Nc1cc(Cl)ccc1Cl)C(=O)O. The van der Waals surface area contributed by atoms with Crippen LogP contribution < -0.4 is 11.1 Å². The molecule has 0 aliphatic rings. The summed E-state index contributed by atoms with van der Waals surface area (Å²) in [5.41, 5.74) is 5.80. The van der Waals surface area contributed by atoms with E-state index in [9.17, 15) is 9.59 Å². The third-order valence-electron chi connectivity index (χ3n) is 2.29. The molecule has 0 radical (unpaired) electrons. The Morgan fingerprint density at radius 1 is 1.40 bits per heavy atom. The molecule has 8 heteroatoms. The van der Waals surface area contributed by atoms with Crippen molar-refractivity contribution in [2.24, 2.45) is 5.73 Å². The molecule has 1 aromatic rings. The summed E-state index contributed by atoms with van der Waals surface area (Å²) >= 11 is 13.0. The van der Waals surface area contributed by atoms with Gasteiger partial charge >= 0.3 is 5.97 Å². The number of halogens is 2. The number of nitrogens with two attached hydrogens (primary N) is 1. The summed E-state index contributed by atoms with van der Waals surface area (Å²) in [5.74, 6) is -0.524. The summed E-state index contributed by atoms with van der Waals surface area (Å²) in [4.78, 5) is 22.2. The van der Waals surface area contributed by atoms with Crippen LogP contribution in [0, 0.1) is 0 Å². The third kappa shape index (κ3) is 6.00. The number of carbonyl (C=O) groups is 2. The smallest absolute Gasteiger partial charge is 0.321 e. The van der Waals surface area contributed by atoms with Crippen molar-refractivity contribution in [2.75, 3.05) is 16.8 Å². The number of amides is 1. The van der Waals surface area contributed by atoms with Gasteiger partial charge in [-0.1, -0.05) is 23.2 Å². The van der Waals surface area contributed by atoms with Gasteiger partial charge in [0.2, 0.25) is 5.91 Å². The minimum absolute atomic E-state index is 0.217. The molecule has 0 unspecified atom stereocenters. The molecule has 20 heavy (non-hydrogen) atoms. The average molecular weight is 337 g/mol. The molecule has 0 spiro atoms. The van der Waals surface area contributed by atoms with Crippen LogP contribution in [0.25, 0.3) is 0 Å². The Morgan fingerprint density at radius 3 is 2.75 bits per heavy atom. The van der Waals surface area contributed by atoms with Crippen LogP contribution in [-0.4, -0.2) is 34.5 Å². The molecule has 5 nitrogen and oxygen atoms in total. The topological polar surface area (TPSA) is 92.4 Å². The fourth-order valence-corrected chi connectivity index (χ4v) is 2.48. The van der Waals surface area contributed by atoms with Crippen LogP contribution in [0.2, 0.25) is 10.0 Å². The van der Waals surface area contributed by atoms with Gasteiger partial charge in [-0.05, 0) is 18.2 Å². The Balaban J connectivity index is 2.34. The van der Waals surface area contributed by atoms with Crippen LogP contribution >= 0.6 is 35.0 Å². The van der Waals surface area contributed by atoms with Gasteiger partial charge in [-0.25, -0.2) is 0 Å². The van der Waals surface area contributed by atoms with E-state index in [1.165, 1.54) is 11.8 Å². The van der Waals surface area contributed by atoms with E-state index in [1.54, 1.807) is 18.2 Å². The molecule has 0 aliphatic carbocycles. The minimum Gasteiger partial charge on any atom is -0.480 e. The Labute approximate surface area is 130 Å². The second kappa shape index (κ2) is 8.36. The Kier molecular flexibility index (Phi) is 7.15. The van der Waals surface area contributed by atoms with Crippen molar-refractivity contribution < 1.29 is 14.7 Å². The molecule has 110 valence electrons. The normalized spacial score (nSPS) is 11.9. The van der Waals surface area contributed by atoms with Crippen LogP contribution in [0.4, 0.5) is 5.69 Å². The van der Waals surface area contributed by atoms with Crippen molar-refractivity contribution in [1.29, 1.82) is 0 Å². The van der Waals surface area contributed by atoms with E-state index >= 15 is 0 Å². The van der Waals surface area contributed by atoms with Crippen LogP contribution in [0.3, 0.4) is 0 Å². The molecule has 1 atom stereocenters. The molecule has 0 saturated heterocycles. The number of carbonyl (C=O) groups excluding carboxylic acids is 1. The number of hydrogen-bond donors (Lipinski definition) is 3. The van der Waals surface area contributed by atoms with Crippen molar-refractivity contribution in [1.82, 2.24) is 0 Å². The molecule has 0 bridgehead atoms. The third-order valence-corrected chi connectivity index (χ3v) is 3.94. The Morgan fingerprint density at radius 2 is 2.10 bits per heavy atom. The van der Waals surface area contributed by atoms with Crippen molar-refractivity contribution in [2.45, 2.75) is 12.5 Å².